The second-order valence-electron chi connectivity index (χ2n) is 3.75. The zero-order valence-corrected chi connectivity index (χ0v) is 8.63. The summed E-state index contributed by atoms with van der Waals surface area (Å²) in [6.45, 7) is 3.06. The Balaban J connectivity index is 2.03. The molecule has 1 heterocycles. The predicted molar refractivity (Wildman–Crippen MR) is 54.8 cm³/mol. The number of carbonyl (C=O) groups is 1. The monoisotopic (exact) mass is 200 g/mol. The fourth-order valence-electron chi connectivity index (χ4n) is 1.56. The molecule has 82 valence electrons. The van der Waals surface area contributed by atoms with E-state index >= 15 is 0 Å². The van der Waals surface area contributed by atoms with Crippen molar-refractivity contribution in [3.63, 3.8) is 0 Å². The van der Waals surface area contributed by atoms with Crippen LogP contribution in [0.5, 0.6) is 0 Å². The Kier molecular flexibility index (Phi) is 5.56. The number of rotatable bonds is 5. The average Bonchev–Trinajstić information content (AvgIpc) is 2.25. The van der Waals surface area contributed by atoms with Gasteiger partial charge in [-0.3, -0.25) is 4.79 Å². The maximum atomic E-state index is 11.2. The number of nitrogens with two attached hydrogens (primary N) is 1. The second-order valence-corrected chi connectivity index (χ2v) is 3.75. The molecule has 0 spiro atoms. The molecule has 0 aromatic rings. The van der Waals surface area contributed by atoms with Crippen molar-refractivity contribution in [1.29, 1.82) is 0 Å². The molecule has 14 heavy (non-hydrogen) atoms. The molecule has 1 amide bonds. The first-order chi connectivity index (χ1) is 6.83. The minimum Gasteiger partial charge on any atom is -0.381 e. The van der Waals surface area contributed by atoms with Gasteiger partial charge in [0.1, 0.15) is 0 Å². The van der Waals surface area contributed by atoms with Crippen molar-refractivity contribution in [3.8, 4) is 0 Å². The van der Waals surface area contributed by atoms with Crippen molar-refractivity contribution < 1.29 is 9.53 Å². The van der Waals surface area contributed by atoms with E-state index in [1.165, 1.54) is 0 Å². The summed E-state index contributed by atoms with van der Waals surface area (Å²) < 4.78 is 5.24. The highest BCUT2D eigenvalue weighted by Gasteiger charge is 2.14. The molecule has 0 aromatic heterocycles. The number of hydrogen-bond donors (Lipinski definition) is 2. The van der Waals surface area contributed by atoms with Gasteiger partial charge in [-0.05, 0) is 31.7 Å². The maximum absolute atomic E-state index is 11.2. The minimum absolute atomic E-state index is 0.127. The molecule has 0 radical (unpaired) electrons. The Bertz CT molecular complexity index is 168. The SMILES string of the molecule is NCCCC(=O)NCC1CCOCC1. The summed E-state index contributed by atoms with van der Waals surface area (Å²) in [5.41, 5.74) is 5.32. The minimum atomic E-state index is 0.127. The molecule has 0 aromatic carbocycles. The Labute approximate surface area is 85.2 Å². The smallest absolute Gasteiger partial charge is 0.220 e. The first-order valence-corrected chi connectivity index (χ1v) is 5.37. The van der Waals surface area contributed by atoms with E-state index in [0.29, 0.717) is 18.9 Å². The molecule has 0 bridgehead atoms. The Hall–Kier alpha value is -0.610. The molecule has 4 heteroatoms. The summed E-state index contributed by atoms with van der Waals surface area (Å²) in [6.07, 6.45) is 3.47. The van der Waals surface area contributed by atoms with Crippen LogP contribution in [0.3, 0.4) is 0 Å². The molecular formula is C10H20N2O2. The number of nitrogens with one attached hydrogen (secondary N) is 1. The van der Waals surface area contributed by atoms with Gasteiger partial charge < -0.3 is 15.8 Å². The van der Waals surface area contributed by atoms with Crippen LogP contribution in [0.1, 0.15) is 25.7 Å². The predicted octanol–water partition coefficient (Wildman–Crippen LogP) is 0.268. The normalized spacial score (nSPS) is 18.1. The van der Waals surface area contributed by atoms with Gasteiger partial charge in [-0.15, -0.1) is 0 Å². The van der Waals surface area contributed by atoms with E-state index in [9.17, 15) is 4.79 Å². The number of hydrogen-bond acceptors (Lipinski definition) is 3. The largest absolute Gasteiger partial charge is 0.381 e. The lowest BCUT2D eigenvalue weighted by Crippen LogP contribution is -2.32. The lowest BCUT2D eigenvalue weighted by molar-refractivity contribution is -0.121. The van der Waals surface area contributed by atoms with Gasteiger partial charge in [-0.1, -0.05) is 0 Å². The van der Waals surface area contributed by atoms with Gasteiger partial charge >= 0.3 is 0 Å². The molecule has 1 saturated heterocycles. The third-order valence-electron chi connectivity index (χ3n) is 2.54. The van der Waals surface area contributed by atoms with Crippen molar-refractivity contribution >= 4 is 5.91 Å². The van der Waals surface area contributed by atoms with Crippen LogP contribution in [0.25, 0.3) is 0 Å². The van der Waals surface area contributed by atoms with Crippen molar-refractivity contribution in [3.05, 3.63) is 0 Å². The summed E-state index contributed by atoms with van der Waals surface area (Å²) in [4.78, 5) is 11.2. The van der Waals surface area contributed by atoms with E-state index in [0.717, 1.165) is 39.0 Å². The summed E-state index contributed by atoms with van der Waals surface area (Å²) in [6, 6.07) is 0. The number of amides is 1. The molecule has 1 fully saturated rings. The average molecular weight is 200 g/mol. The van der Waals surface area contributed by atoms with Gasteiger partial charge in [0.15, 0.2) is 0 Å². The van der Waals surface area contributed by atoms with Gasteiger partial charge in [0.05, 0.1) is 0 Å². The fourth-order valence-corrected chi connectivity index (χ4v) is 1.56. The van der Waals surface area contributed by atoms with Crippen LogP contribution in [0, 0.1) is 5.92 Å². The lowest BCUT2D eigenvalue weighted by Gasteiger charge is -2.22. The molecule has 4 nitrogen and oxygen atoms in total. The summed E-state index contributed by atoms with van der Waals surface area (Å²) >= 11 is 0. The first kappa shape index (κ1) is 11.5. The molecular weight excluding hydrogens is 180 g/mol. The van der Waals surface area contributed by atoms with E-state index in [1.807, 2.05) is 0 Å². The second kappa shape index (κ2) is 6.79. The van der Waals surface area contributed by atoms with Gasteiger partial charge in [-0.25, -0.2) is 0 Å². The standard InChI is InChI=1S/C10H20N2O2/c11-5-1-2-10(13)12-8-9-3-6-14-7-4-9/h9H,1-8,11H2,(H,12,13). The van der Waals surface area contributed by atoms with Crippen LogP contribution in [0.2, 0.25) is 0 Å². The van der Waals surface area contributed by atoms with Crippen molar-refractivity contribution in [2.24, 2.45) is 11.7 Å². The molecule has 3 N–H and O–H groups in total. The van der Waals surface area contributed by atoms with Crippen LogP contribution in [-0.4, -0.2) is 32.2 Å². The highest BCUT2D eigenvalue weighted by atomic mass is 16.5. The fraction of sp³-hybridized carbons (Fsp3) is 0.900. The summed E-state index contributed by atoms with van der Waals surface area (Å²) in [5.74, 6) is 0.729. The highest BCUT2D eigenvalue weighted by molar-refractivity contribution is 5.75. The van der Waals surface area contributed by atoms with Gasteiger partial charge in [0.2, 0.25) is 5.91 Å². The third-order valence-corrected chi connectivity index (χ3v) is 2.54. The zero-order valence-electron chi connectivity index (χ0n) is 8.63. The van der Waals surface area contributed by atoms with E-state index in [-0.39, 0.29) is 5.91 Å². The van der Waals surface area contributed by atoms with Crippen molar-refractivity contribution in [1.82, 2.24) is 5.32 Å². The topological polar surface area (TPSA) is 64.4 Å². The van der Waals surface area contributed by atoms with E-state index in [1.54, 1.807) is 0 Å². The Morgan fingerprint density at radius 2 is 2.14 bits per heavy atom. The van der Waals surface area contributed by atoms with Crippen molar-refractivity contribution in [2.75, 3.05) is 26.3 Å². The molecule has 1 aliphatic heterocycles. The van der Waals surface area contributed by atoms with E-state index in [2.05, 4.69) is 5.32 Å². The summed E-state index contributed by atoms with van der Waals surface area (Å²) in [5, 5.41) is 2.94. The molecule has 0 unspecified atom stereocenters. The van der Waals surface area contributed by atoms with Crippen LogP contribution < -0.4 is 11.1 Å². The number of carbonyl (C=O) groups excluding carboxylic acids is 1. The van der Waals surface area contributed by atoms with Crippen LogP contribution in [-0.2, 0) is 9.53 Å². The Morgan fingerprint density at radius 1 is 1.43 bits per heavy atom. The third kappa shape index (κ3) is 4.58. The molecule has 1 aliphatic rings. The molecule has 0 saturated carbocycles. The number of ether oxygens (including phenoxy) is 1. The molecule has 0 aliphatic carbocycles. The zero-order chi connectivity index (χ0) is 10.2. The van der Waals surface area contributed by atoms with Gasteiger partial charge in [0, 0.05) is 26.2 Å². The van der Waals surface area contributed by atoms with E-state index < -0.39 is 0 Å². The van der Waals surface area contributed by atoms with Crippen LogP contribution >= 0.6 is 0 Å². The lowest BCUT2D eigenvalue weighted by atomic mass is 10.0. The van der Waals surface area contributed by atoms with E-state index in [4.69, 9.17) is 10.5 Å². The summed E-state index contributed by atoms with van der Waals surface area (Å²) in [7, 11) is 0. The molecule has 0 atom stereocenters. The quantitative estimate of drug-likeness (QED) is 0.669. The van der Waals surface area contributed by atoms with Gasteiger partial charge in [0.25, 0.3) is 0 Å². The molecule has 1 rings (SSSR count). The van der Waals surface area contributed by atoms with Crippen LogP contribution in [0.4, 0.5) is 0 Å². The maximum Gasteiger partial charge on any atom is 0.220 e. The van der Waals surface area contributed by atoms with Crippen LogP contribution in [0.15, 0.2) is 0 Å². The van der Waals surface area contributed by atoms with Gasteiger partial charge in [-0.2, -0.15) is 0 Å². The highest BCUT2D eigenvalue weighted by Crippen LogP contribution is 2.13. The first-order valence-electron chi connectivity index (χ1n) is 5.37. The van der Waals surface area contributed by atoms with Crippen molar-refractivity contribution in [2.45, 2.75) is 25.7 Å². The Morgan fingerprint density at radius 3 is 2.79 bits per heavy atom.